The molecule has 0 aromatic heterocycles. The molecule has 0 aliphatic carbocycles. The Morgan fingerprint density at radius 3 is 2.43 bits per heavy atom. The molecule has 0 saturated carbocycles. The summed E-state index contributed by atoms with van der Waals surface area (Å²) in [6.45, 7) is 7.24. The highest BCUT2D eigenvalue weighted by Gasteiger charge is 2.22. The summed E-state index contributed by atoms with van der Waals surface area (Å²) in [7, 11) is 1.74. The van der Waals surface area contributed by atoms with Crippen molar-refractivity contribution in [3.8, 4) is 5.75 Å². The minimum Gasteiger partial charge on any atom is -0.496 e. The Balaban J connectivity index is 2.65. The molecule has 3 heteroatoms. The molecule has 0 heterocycles. The van der Waals surface area contributed by atoms with Gasteiger partial charge in [-0.1, -0.05) is 53.2 Å². The maximum atomic E-state index is 5.70. The lowest BCUT2D eigenvalue weighted by molar-refractivity contribution is 0.400. The van der Waals surface area contributed by atoms with Crippen molar-refractivity contribution in [1.29, 1.82) is 0 Å². The van der Waals surface area contributed by atoms with Gasteiger partial charge in [0.2, 0.25) is 0 Å². The number of hydrogen-bond acceptors (Lipinski definition) is 2. The predicted molar refractivity (Wildman–Crippen MR) is 92.1 cm³/mol. The van der Waals surface area contributed by atoms with Gasteiger partial charge in [0.05, 0.1) is 13.2 Å². The summed E-state index contributed by atoms with van der Waals surface area (Å²) in [5, 5.41) is 3.58. The topological polar surface area (TPSA) is 21.3 Å². The second-order valence-electron chi connectivity index (χ2n) is 5.15. The van der Waals surface area contributed by atoms with Crippen LogP contribution in [0.1, 0.15) is 35.2 Å². The Bertz CT molecular complexity index is 610. The monoisotopic (exact) mass is 347 g/mol. The highest BCUT2D eigenvalue weighted by Crippen LogP contribution is 2.38. The van der Waals surface area contributed by atoms with Gasteiger partial charge < -0.3 is 10.1 Å². The number of halogens is 1. The Morgan fingerprint density at radius 2 is 1.86 bits per heavy atom. The smallest absolute Gasteiger partial charge is 0.127 e. The summed E-state index contributed by atoms with van der Waals surface area (Å²) in [5.74, 6) is 0.963. The molecule has 1 N–H and O–H groups in total. The standard InChI is InChI=1S/C18H22BrNO/c1-5-20-17(14-9-7-6-8-10-14)16-13(3)15(19)11-12(2)18(16)21-4/h6-11,17,20H,5H2,1-4H3. The van der Waals surface area contributed by atoms with Crippen LogP contribution in [-0.4, -0.2) is 13.7 Å². The first-order valence-electron chi connectivity index (χ1n) is 7.22. The van der Waals surface area contributed by atoms with Crippen LogP contribution in [0.5, 0.6) is 5.75 Å². The molecule has 0 saturated heterocycles. The third-order valence-electron chi connectivity index (χ3n) is 3.74. The Labute approximate surface area is 135 Å². The van der Waals surface area contributed by atoms with Gasteiger partial charge in [0.1, 0.15) is 5.75 Å². The zero-order chi connectivity index (χ0) is 15.4. The van der Waals surface area contributed by atoms with Gasteiger partial charge in [0.15, 0.2) is 0 Å². The predicted octanol–water partition coefficient (Wildman–Crippen LogP) is 4.77. The van der Waals surface area contributed by atoms with E-state index in [2.05, 4.69) is 72.3 Å². The van der Waals surface area contributed by atoms with Crippen LogP contribution < -0.4 is 10.1 Å². The zero-order valence-electron chi connectivity index (χ0n) is 13.0. The molecule has 1 atom stereocenters. The van der Waals surface area contributed by atoms with Gasteiger partial charge in [-0.3, -0.25) is 0 Å². The molecule has 2 rings (SSSR count). The third kappa shape index (κ3) is 3.30. The van der Waals surface area contributed by atoms with Crippen molar-refractivity contribution in [3.63, 3.8) is 0 Å². The van der Waals surface area contributed by atoms with Crippen molar-refractivity contribution in [2.24, 2.45) is 0 Å². The normalized spacial score (nSPS) is 12.2. The molecular weight excluding hydrogens is 326 g/mol. The number of methoxy groups -OCH3 is 1. The molecule has 0 aliphatic rings. The largest absolute Gasteiger partial charge is 0.496 e. The summed E-state index contributed by atoms with van der Waals surface area (Å²) < 4.78 is 6.82. The lowest BCUT2D eigenvalue weighted by atomic mass is 9.92. The Hall–Kier alpha value is -1.32. The van der Waals surface area contributed by atoms with Crippen LogP contribution in [0.2, 0.25) is 0 Å². The van der Waals surface area contributed by atoms with E-state index in [1.807, 2.05) is 6.07 Å². The van der Waals surface area contributed by atoms with Crippen LogP contribution >= 0.6 is 15.9 Å². The summed E-state index contributed by atoms with van der Waals surface area (Å²) in [6.07, 6.45) is 0. The lowest BCUT2D eigenvalue weighted by Gasteiger charge is -2.25. The summed E-state index contributed by atoms with van der Waals surface area (Å²) in [5.41, 5.74) is 4.81. The van der Waals surface area contributed by atoms with E-state index in [-0.39, 0.29) is 6.04 Å². The molecule has 0 aliphatic heterocycles. The third-order valence-corrected chi connectivity index (χ3v) is 4.57. The van der Waals surface area contributed by atoms with Crippen molar-refractivity contribution in [3.05, 3.63) is 63.1 Å². The second kappa shape index (κ2) is 7.10. The van der Waals surface area contributed by atoms with Crippen molar-refractivity contribution in [1.82, 2.24) is 5.32 Å². The molecule has 112 valence electrons. The molecule has 2 aromatic rings. The Morgan fingerprint density at radius 1 is 1.19 bits per heavy atom. The van der Waals surface area contributed by atoms with Crippen LogP contribution in [0, 0.1) is 13.8 Å². The second-order valence-corrected chi connectivity index (χ2v) is 6.00. The lowest BCUT2D eigenvalue weighted by Crippen LogP contribution is -2.23. The first-order chi connectivity index (χ1) is 10.1. The summed E-state index contributed by atoms with van der Waals surface area (Å²) >= 11 is 3.67. The highest BCUT2D eigenvalue weighted by atomic mass is 79.9. The number of rotatable bonds is 5. The fourth-order valence-electron chi connectivity index (χ4n) is 2.73. The van der Waals surface area contributed by atoms with E-state index < -0.39 is 0 Å². The summed E-state index contributed by atoms with van der Waals surface area (Å²) in [6, 6.07) is 12.8. The average molecular weight is 348 g/mol. The van der Waals surface area contributed by atoms with Crippen LogP contribution in [0.3, 0.4) is 0 Å². The van der Waals surface area contributed by atoms with Gasteiger partial charge in [-0.15, -0.1) is 0 Å². The molecule has 0 radical (unpaired) electrons. The number of hydrogen-bond donors (Lipinski definition) is 1. The van der Waals surface area contributed by atoms with Gasteiger partial charge in [-0.05, 0) is 43.1 Å². The van der Waals surface area contributed by atoms with E-state index in [9.17, 15) is 0 Å². The SMILES string of the molecule is CCNC(c1ccccc1)c1c(C)c(Br)cc(C)c1OC. The van der Waals surface area contributed by atoms with E-state index in [1.165, 1.54) is 16.7 Å². The molecule has 1 unspecified atom stereocenters. The van der Waals surface area contributed by atoms with Crippen LogP contribution in [0.25, 0.3) is 0 Å². The molecule has 0 spiro atoms. The van der Waals surface area contributed by atoms with Crippen LogP contribution in [0.15, 0.2) is 40.9 Å². The summed E-state index contributed by atoms with van der Waals surface area (Å²) in [4.78, 5) is 0. The molecule has 0 fully saturated rings. The zero-order valence-corrected chi connectivity index (χ0v) is 14.6. The molecule has 21 heavy (non-hydrogen) atoms. The van der Waals surface area contributed by atoms with Crippen molar-refractivity contribution < 1.29 is 4.74 Å². The quantitative estimate of drug-likeness (QED) is 0.840. The average Bonchev–Trinajstić information content (AvgIpc) is 2.49. The van der Waals surface area contributed by atoms with Crippen molar-refractivity contribution in [2.45, 2.75) is 26.8 Å². The van der Waals surface area contributed by atoms with Crippen molar-refractivity contribution >= 4 is 15.9 Å². The van der Waals surface area contributed by atoms with E-state index in [4.69, 9.17) is 4.74 Å². The Kier molecular flexibility index (Phi) is 5.43. The van der Waals surface area contributed by atoms with E-state index in [1.54, 1.807) is 7.11 Å². The van der Waals surface area contributed by atoms with Gasteiger partial charge in [0.25, 0.3) is 0 Å². The molecule has 2 nitrogen and oxygen atoms in total. The number of nitrogens with one attached hydrogen (secondary N) is 1. The number of benzene rings is 2. The maximum absolute atomic E-state index is 5.70. The van der Waals surface area contributed by atoms with Crippen LogP contribution in [0.4, 0.5) is 0 Å². The molecule has 0 amide bonds. The minimum absolute atomic E-state index is 0.127. The molecule has 2 aromatic carbocycles. The van der Waals surface area contributed by atoms with Crippen molar-refractivity contribution in [2.75, 3.05) is 13.7 Å². The van der Waals surface area contributed by atoms with Gasteiger partial charge in [-0.25, -0.2) is 0 Å². The number of aryl methyl sites for hydroxylation is 1. The fourth-order valence-corrected chi connectivity index (χ4v) is 3.29. The van der Waals surface area contributed by atoms with Gasteiger partial charge >= 0.3 is 0 Å². The van der Waals surface area contributed by atoms with Gasteiger partial charge in [0, 0.05) is 10.0 Å². The van der Waals surface area contributed by atoms with E-state index in [0.717, 1.165) is 22.3 Å². The number of ether oxygens (including phenoxy) is 1. The van der Waals surface area contributed by atoms with E-state index in [0.29, 0.717) is 0 Å². The first-order valence-corrected chi connectivity index (χ1v) is 8.01. The highest BCUT2D eigenvalue weighted by molar-refractivity contribution is 9.10. The van der Waals surface area contributed by atoms with Crippen LogP contribution in [-0.2, 0) is 0 Å². The molecule has 0 bridgehead atoms. The maximum Gasteiger partial charge on any atom is 0.127 e. The van der Waals surface area contributed by atoms with Gasteiger partial charge in [-0.2, -0.15) is 0 Å². The van der Waals surface area contributed by atoms with E-state index >= 15 is 0 Å². The first kappa shape index (κ1) is 16.1. The molecular formula is C18H22BrNO. The minimum atomic E-state index is 0.127. The fraction of sp³-hybridized carbons (Fsp3) is 0.333.